The van der Waals surface area contributed by atoms with Crippen molar-refractivity contribution in [1.82, 2.24) is 5.32 Å². The predicted octanol–water partition coefficient (Wildman–Crippen LogP) is 0.747. The van der Waals surface area contributed by atoms with Crippen LogP contribution in [0.4, 0.5) is 0 Å². The van der Waals surface area contributed by atoms with Gasteiger partial charge in [-0.15, -0.1) is 0 Å². The van der Waals surface area contributed by atoms with Crippen LogP contribution >= 0.6 is 0 Å². The molecule has 94 valence electrons. The summed E-state index contributed by atoms with van der Waals surface area (Å²) in [5, 5.41) is 15.6. The van der Waals surface area contributed by atoms with Gasteiger partial charge in [-0.3, -0.25) is 5.32 Å². The average Bonchev–Trinajstić information content (AvgIpc) is 2.32. The SMILES string of the molecule is N#CC1(NCCCN=[N+]=[N-])CCS(=O)(=O)CC1. The van der Waals surface area contributed by atoms with E-state index in [1.54, 1.807) is 0 Å². The van der Waals surface area contributed by atoms with Crippen molar-refractivity contribution in [2.75, 3.05) is 24.6 Å². The molecular formula is C9H15N5O2S. The molecule has 1 saturated heterocycles. The number of nitriles is 1. The number of azide groups is 1. The van der Waals surface area contributed by atoms with Crippen molar-refractivity contribution in [3.8, 4) is 6.07 Å². The first kappa shape index (κ1) is 13.8. The predicted molar refractivity (Wildman–Crippen MR) is 62.9 cm³/mol. The van der Waals surface area contributed by atoms with Gasteiger partial charge < -0.3 is 0 Å². The van der Waals surface area contributed by atoms with Gasteiger partial charge in [-0.1, -0.05) is 5.11 Å². The molecule has 1 fully saturated rings. The van der Waals surface area contributed by atoms with E-state index in [1.807, 2.05) is 0 Å². The van der Waals surface area contributed by atoms with Crippen LogP contribution in [-0.4, -0.2) is 38.6 Å². The molecule has 0 aromatic rings. The van der Waals surface area contributed by atoms with E-state index in [9.17, 15) is 8.42 Å². The van der Waals surface area contributed by atoms with Gasteiger partial charge in [0.2, 0.25) is 0 Å². The first-order valence-corrected chi connectivity index (χ1v) is 7.23. The molecule has 0 radical (unpaired) electrons. The van der Waals surface area contributed by atoms with Crippen molar-refractivity contribution < 1.29 is 8.42 Å². The Kier molecular flexibility index (Phi) is 4.75. The highest BCUT2D eigenvalue weighted by Gasteiger charge is 2.36. The molecule has 0 aromatic carbocycles. The Hall–Kier alpha value is -1.29. The van der Waals surface area contributed by atoms with Crippen molar-refractivity contribution in [3.63, 3.8) is 0 Å². The van der Waals surface area contributed by atoms with E-state index >= 15 is 0 Å². The van der Waals surface area contributed by atoms with Gasteiger partial charge in [0.1, 0.15) is 5.54 Å². The molecule has 0 spiro atoms. The lowest BCUT2D eigenvalue weighted by molar-refractivity contribution is 0.374. The highest BCUT2D eigenvalue weighted by Crippen LogP contribution is 2.22. The summed E-state index contributed by atoms with van der Waals surface area (Å²) in [4.78, 5) is 2.63. The van der Waals surface area contributed by atoms with Gasteiger partial charge in [-0.2, -0.15) is 5.26 Å². The molecule has 1 aliphatic heterocycles. The molecule has 0 saturated carbocycles. The maximum Gasteiger partial charge on any atom is 0.150 e. The Balaban J connectivity index is 2.43. The average molecular weight is 257 g/mol. The van der Waals surface area contributed by atoms with Crippen molar-refractivity contribution >= 4 is 9.84 Å². The zero-order chi connectivity index (χ0) is 12.8. The number of sulfone groups is 1. The molecular weight excluding hydrogens is 242 g/mol. The van der Waals surface area contributed by atoms with Crippen LogP contribution in [0.5, 0.6) is 0 Å². The van der Waals surface area contributed by atoms with Crippen LogP contribution in [0.2, 0.25) is 0 Å². The van der Waals surface area contributed by atoms with Gasteiger partial charge in [-0.25, -0.2) is 8.42 Å². The molecule has 0 amide bonds. The summed E-state index contributed by atoms with van der Waals surface area (Å²) in [5.41, 5.74) is 7.35. The second-order valence-electron chi connectivity index (χ2n) is 4.08. The summed E-state index contributed by atoms with van der Waals surface area (Å²) >= 11 is 0. The molecule has 1 N–H and O–H groups in total. The number of nitrogens with zero attached hydrogens (tertiary/aromatic N) is 4. The van der Waals surface area contributed by atoms with E-state index in [1.165, 1.54) is 0 Å². The fourth-order valence-corrected chi connectivity index (χ4v) is 3.26. The zero-order valence-electron chi connectivity index (χ0n) is 9.46. The fraction of sp³-hybridized carbons (Fsp3) is 0.889. The van der Waals surface area contributed by atoms with Gasteiger partial charge in [0.25, 0.3) is 0 Å². The first-order valence-electron chi connectivity index (χ1n) is 5.41. The van der Waals surface area contributed by atoms with Gasteiger partial charge in [0, 0.05) is 11.5 Å². The van der Waals surface area contributed by atoms with Gasteiger partial charge in [-0.05, 0) is 31.3 Å². The first-order chi connectivity index (χ1) is 8.04. The topological polar surface area (TPSA) is 119 Å². The second kappa shape index (κ2) is 5.87. The molecule has 1 heterocycles. The van der Waals surface area contributed by atoms with E-state index < -0.39 is 15.4 Å². The lowest BCUT2D eigenvalue weighted by atomic mass is 9.94. The lowest BCUT2D eigenvalue weighted by Gasteiger charge is -2.31. The van der Waals surface area contributed by atoms with E-state index in [-0.39, 0.29) is 11.5 Å². The molecule has 0 unspecified atom stereocenters. The van der Waals surface area contributed by atoms with Crippen LogP contribution in [0.1, 0.15) is 19.3 Å². The third-order valence-electron chi connectivity index (χ3n) is 2.86. The van der Waals surface area contributed by atoms with Crippen molar-refractivity contribution in [2.24, 2.45) is 5.11 Å². The lowest BCUT2D eigenvalue weighted by Crippen LogP contribution is -2.50. The number of rotatable bonds is 5. The third kappa shape index (κ3) is 4.23. The molecule has 0 aliphatic carbocycles. The van der Waals surface area contributed by atoms with Crippen LogP contribution < -0.4 is 5.32 Å². The Labute approximate surface area is 100 Å². The minimum atomic E-state index is -2.96. The Morgan fingerprint density at radius 2 is 2.12 bits per heavy atom. The summed E-state index contributed by atoms with van der Waals surface area (Å²) in [7, 11) is -2.96. The van der Waals surface area contributed by atoms with Crippen molar-refractivity contribution in [1.29, 1.82) is 5.26 Å². The fourth-order valence-electron chi connectivity index (χ4n) is 1.74. The quantitative estimate of drug-likeness (QED) is 0.338. The molecule has 17 heavy (non-hydrogen) atoms. The second-order valence-corrected chi connectivity index (χ2v) is 6.38. The van der Waals surface area contributed by atoms with Crippen LogP contribution in [0.3, 0.4) is 0 Å². The van der Waals surface area contributed by atoms with Gasteiger partial charge in [0.05, 0.1) is 17.6 Å². The van der Waals surface area contributed by atoms with Crippen LogP contribution in [0.15, 0.2) is 5.11 Å². The number of hydrogen-bond acceptors (Lipinski definition) is 5. The van der Waals surface area contributed by atoms with E-state index in [0.29, 0.717) is 32.4 Å². The largest absolute Gasteiger partial charge is 0.299 e. The Morgan fingerprint density at radius 3 is 2.65 bits per heavy atom. The van der Waals surface area contributed by atoms with Crippen molar-refractivity contribution in [2.45, 2.75) is 24.8 Å². The van der Waals surface area contributed by atoms with Crippen LogP contribution in [-0.2, 0) is 9.84 Å². The van der Waals surface area contributed by atoms with Crippen LogP contribution in [0.25, 0.3) is 10.4 Å². The Bertz CT molecular complexity index is 432. The highest BCUT2D eigenvalue weighted by atomic mass is 32.2. The van der Waals surface area contributed by atoms with E-state index in [4.69, 9.17) is 10.8 Å². The monoisotopic (exact) mass is 257 g/mol. The number of nitrogens with one attached hydrogen (secondary N) is 1. The summed E-state index contributed by atoms with van der Waals surface area (Å²) in [6.07, 6.45) is 1.29. The van der Waals surface area contributed by atoms with Crippen LogP contribution in [0, 0.1) is 11.3 Å². The van der Waals surface area contributed by atoms with E-state index in [0.717, 1.165) is 0 Å². The zero-order valence-corrected chi connectivity index (χ0v) is 10.3. The molecule has 0 aromatic heterocycles. The minimum absolute atomic E-state index is 0.0594. The highest BCUT2D eigenvalue weighted by molar-refractivity contribution is 7.91. The summed E-state index contributed by atoms with van der Waals surface area (Å²) < 4.78 is 22.6. The number of hydrogen-bond donors (Lipinski definition) is 1. The minimum Gasteiger partial charge on any atom is -0.299 e. The van der Waals surface area contributed by atoms with E-state index in [2.05, 4.69) is 21.4 Å². The molecule has 7 nitrogen and oxygen atoms in total. The summed E-state index contributed by atoms with van der Waals surface area (Å²) in [6, 6.07) is 2.17. The third-order valence-corrected chi connectivity index (χ3v) is 4.51. The summed E-state index contributed by atoms with van der Waals surface area (Å²) in [6.45, 7) is 0.927. The Morgan fingerprint density at radius 1 is 1.47 bits per heavy atom. The summed E-state index contributed by atoms with van der Waals surface area (Å²) in [5.74, 6) is 0.119. The van der Waals surface area contributed by atoms with Crippen molar-refractivity contribution in [3.05, 3.63) is 10.4 Å². The molecule has 1 aliphatic rings. The normalized spacial score (nSPS) is 21.1. The standard InChI is InChI=1S/C9H15N5O2S/c10-8-9(12-4-1-5-13-14-11)2-6-17(15,16)7-3-9/h12H,1-7H2. The maximum absolute atomic E-state index is 11.3. The maximum atomic E-state index is 11.3. The smallest absolute Gasteiger partial charge is 0.150 e. The van der Waals surface area contributed by atoms with Gasteiger partial charge in [0.15, 0.2) is 9.84 Å². The molecule has 8 heteroatoms. The molecule has 0 atom stereocenters. The van der Waals surface area contributed by atoms with Gasteiger partial charge >= 0.3 is 0 Å². The molecule has 1 rings (SSSR count). The molecule has 0 bridgehead atoms.